The van der Waals surface area contributed by atoms with E-state index in [0.29, 0.717) is 11.3 Å². The van der Waals surface area contributed by atoms with Gasteiger partial charge in [0, 0.05) is 48.6 Å². The smallest absolute Gasteiger partial charge is 0.270 e. The van der Waals surface area contributed by atoms with Crippen molar-refractivity contribution in [3.05, 3.63) is 68.3 Å². The predicted molar refractivity (Wildman–Crippen MR) is 110 cm³/mol. The van der Waals surface area contributed by atoms with Gasteiger partial charge in [-0.15, -0.1) is 0 Å². The van der Waals surface area contributed by atoms with Crippen molar-refractivity contribution < 1.29 is 9.85 Å². The molecule has 0 saturated heterocycles. The van der Waals surface area contributed by atoms with Crippen LogP contribution in [-0.2, 0) is 0 Å². The average Bonchev–Trinajstić information content (AvgIpc) is 2.69. The minimum absolute atomic E-state index is 0.00733. The number of nitrogens with zero attached hydrogens (tertiary/aromatic N) is 4. The molecule has 0 aromatic heterocycles. The number of nitrogens with one attached hydrogen (secondary N) is 1. The van der Waals surface area contributed by atoms with Crippen LogP contribution in [0.3, 0.4) is 0 Å². The number of nitro benzene ring substituents is 2. The van der Waals surface area contributed by atoms with Crippen LogP contribution in [0.2, 0.25) is 0 Å². The van der Waals surface area contributed by atoms with E-state index in [1.165, 1.54) is 30.5 Å². The van der Waals surface area contributed by atoms with Crippen LogP contribution in [0, 0.1) is 20.2 Å². The molecule has 0 bridgehead atoms. The van der Waals surface area contributed by atoms with Crippen LogP contribution in [-0.4, -0.2) is 29.2 Å². The Hall–Kier alpha value is -3.49. The molecule has 0 unspecified atom stereocenters. The van der Waals surface area contributed by atoms with Crippen molar-refractivity contribution in [3.8, 4) is 0 Å². The molecule has 0 amide bonds. The maximum absolute atomic E-state index is 11.1. The third kappa shape index (κ3) is 5.50. The van der Waals surface area contributed by atoms with E-state index in [1.54, 1.807) is 18.2 Å². The van der Waals surface area contributed by atoms with Gasteiger partial charge in [0.05, 0.1) is 21.7 Å². The molecule has 0 radical (unpaired) electrons. The summed E-state index contributed by atoms with van der Waals surface area (Å²) in [6.45, 7) is 5.77. The maximum Gasteiger partial charge on any atom is 0.270 e. The number of hydrogen-bond acceptors (Lipinski definition) is 7. The Kier molecular flexibility index (Phi) is 7.44. The molecular formula is C19H23N5O4. The van der Waals surface area contributed by atoms with Gasteiger partial charge in [0.2, 0.25) is 0 Å². The Bertz CT molecular complexity index is 852. The lowest BCUT2D eigenvalue weighted by Crippen LogP contribution is -2.25. The number of anilines is 2. The molecule has 28 heavy (non-hydrogen) atoms. The third-order valence-electron chi connectivity index (χ3n) is 4.20. The van der Waals surface area contributed by atoms with E-state index in [0.717, 1.165) is 31.6 Å². The van der Waals surface area contributed by atoms with Gasteiger partial charge in [-0.1, -0.05) is 13.3 Å². The molecule has 0 aliphatic carbocycles. The molecule has 0 aliphatic heterocycles. The molecule has 1 N–H and O–H groups in total. The maximum atomic E-state index is 11.1. The number of benzene rings is 2. The van der Waals surface area contributed by atoms with Gasteiger partial charge < -0.3 is 4.90 Å². The van der Waals surface area contributed by atoms with Crippen molar-refractivity contribution in [2.24, 2.45) is 5.10 Å². The number of non-ortho nitro benzene ring substituents is 2. The average molecular weight is 385 g/mol. The van der Waals surface area contributed by atoms with E-state index >= 15 is 0 Å². The first-order valence-corrected chi connectivity index (χ1v) is 9.03. The Labute approximate surface area is 163 Å². The highest BCUT2D eigenvalue weighted by molar-refractivity contribution is 5.89. The van der Waals surface area contributed by atoms with Gasteiger partial charge in [-0.25, -0.2) is 0 Å². The second-order valence-corrected chi connectivity index (χ2v) is 6.11. The highest BCUT2D eigenvalue weighted by Crippen LogP contribution is 2.25. The first-order valence-electron chi connectivity index (χ1n) is 9.03. The lowest BCUT2D eigenvalue weighted by molar-refractivity contribution is -0.385. The monoisotopic (exact) mass is 385 g/mol. The molecule has 0 saturated carbocycles. The van der Waals surface area contributed by atoms with E-state index < -0.39 is 9.85 Å². The molecule has 148 valence electrons. The van der Waals surface area contributed by atoms with Crippen molar-refractivity contribution in [1.29, 1.82) is 0 Å². The summed E-state index contributed by atoms with van der Waals surface area (Å²) < 4.78 is 0. The number of rotatable bonds is 10. The quantitative estimate of drug-likeness (QED) is 0.364. The summed E-state index contributed by atoms with van der Waals surface area (Å²) in [4.78, 5) is 23.1. The Morgan fingerprint density at radius 1 is 1.04 bits per heavy atom. The topological polar surface area (TPSA) is 114 Å². The Morgan fingerprint density at radius 2 is 1.68 bits per heavy atom. The summed E-state index contributed by atoms with van der Waals surface area (Å²) in [5, 5.41) is 26.0. The first-order chi connectivity index (χ1) is 13.5. The molecular weight excluding hydrogens is 362 g/mol. The normalized spacial score (nSPS) is 10.8. The minimum Gasteiger partial charge on any atom is -0.371 e. The molecule has 0 spiro atoms. The molecule has 0 atom stereocenters. The van der Waals surface area contributed by atoms with Crippen molar-refractivity contribution in [3.63, 3.8) is 0 Å². The van der Waals surface area contributed by atoms with Crippen molar-refractivity contribution >= 4 is 29.0 Å². The number of hydrogen-bond donors (Lipinski definition) is 1. The fourth-order valence-corrected chi connectivity index (χ4v) is 2.68. The van der Waals surface area contributed by atoms with Crippen LogP contribution in [0.1, 0.15) is 32.3 Å². The SMILES string of the molecule is CCCCN(CC)c1ccc([N+](=O)[O-])cc1C=NNc1ccc([N+](=O)[O-])cc1. The lowest BCUT2D eigenvalue weighted by atomic mass is 10.1. The molecule has 0 heterocycles. The van der Waals surface area contributed by atoms with Crippen LogP contribution in [0.15, 0.2) is 47.6 Å². The van der Waals surface area contributed by atoms with E-state index in [2.05, 4.69) is 22.4 Å². The van der Waals surface area contributed by atoms with Gasteiger partial charge in [-0.2, -0.15) is 5.10 Å². The summed E-state index contributed by atoms with van der Waals surface area (Å²) in [5.74, 6) is 0. The van der Waals surface area contributed by atoms with Gasteiger partial charge in [0.15, 0.2) is 0 Å². The highest BCUT2D eigenvalue weighted by atomic mass is 16.6. The summed E-state index contributed by atoms with van der Waals surface area (Å²) in [6.07, 6.45) is 3.59. The van der Waals surface area contributed by atoms with E-state index in [9.17, 15) is 20.2 Å². The molecule has 9 heteroatoms. The van der Waals surface area contributed by atoms with Crippen LogP contribution < -0.4 is 10.3 Å². The largest absolute Gasteiger partial charge is 0.371 e. The highest BCUT2D eigenvalue weighted by Gasteiger charge is 2.14. The lowest BCUT2D eigenvalue weighted by Gasteiger charge is -2.24. The third-order valence-corrected chi connectivity index (χ3v) is 4.20. The zero-order valence-corrected chi connectivity index (χ0v) is 15.9. The van der Waals surface area contributed by atoms with Crippen LogP contribution in [0.25, 0.3) is 0 Å². The molecule has 2 rings (SSSR count). The molecule has 0 fully saturated rings. The van der Waals surface area contributed by atoms with Crippen LogP contribution in [0.4, 0.5) is 22.7 Å². The van der Waals surface area contributed by atoms with Gasteiger partial charge in [0.25, 0.3) is 11.4 Å². The fourth-order valence-electron chi connectivity index (χ4n) is 2.68. The number of nitro groups is 2. The van der Waals surface area contributed by atoms with Crippen LogP contribution in [0.5, 0.6) is 0 Å². The molecule has 0 aliphatic rings. The Morgan fingerprint density at radius 3 is 2.25 bits per heavy atom. The summed E-state index contributed by atoms with van der Waals surface area (Å²) in [7, 11) is 0. The van der Waals surface area contributed by atoms with Crippen LogP contribution >= 0.6 is 0 Å². The zero-order valence-electron chi connectivity index (χ0n) is 15.9. The molecule has 2 aromatic rings. The summed E-state index contributed by atoms with van der Waals surface area (Å²) in [5.41, 5.74) is 4.85. The number of hydrazone groups is 1. The molecule has 9 nitrogen and oxygen atoms in total. The predicted octanol–water partition coefficient (Wildman–Crippen LogP) is 4.58. The molecule has 2 aromatic carbocycles. The summed E-state index contributed by atoms with van der Waals surface area (Å²) >= 11 is 0. The minimum atomic E-state index is -0.474. The van der Waals surface area contributed by atoms with E-state index in [-0.39, 0.29) is 11.4 Å². The van der Waals surface area contributed by atoms with E-state index in [1.807, 2.05) is 6.92 Å². The van der Waals surface area contributed by atoms with Gasteiger partial charge >= 0.3 is 0 Å². The van der Waals surface area contributed by atoms with Crippen molar-refractivity contribution in [2.45, 2.75) is 26.7 Å². The van der Waals surface area contributed by atoms with Crippen molar-refractivity contribution in [1.82, 2.24) is 0 Å². The van der Waals surface area contributed by atoms with Gasteiger partial charge in [-0.3, -0.25) is 25.7 Å². The summed E-state index contributed by atoms with van der Waals surface area (Å²) in [6, 6.07) is 10.6. The second kappa shape index (κ2) is 10.0. The van der Waals surface area contributed by atoms with Crippen molar-refractivity contribution in [2.75, 3.05) is 23.4 Å². The van der Waals surface area contributed by atoms with Gasteiger partial charge in [-0.05, 0) is 31.5 Å². The number of unbranched alkanes of at least 4 members (excludes halogenated alkanes) is 1. The fraction of sp³-hybridized carbons (Fsp3) is 0.316. The second-order valence-electron chi connectivity index (χ2n) is 6.11. The zero-order chi connectivity index (χ0) is 20.5. The standard InChI is InChI=1S/C19H23N5O4/c1-3-5-12-22(4-2)19-11-10-18(24(27)28)13-15(19)14-20-21-16-6-8-17(9-7-16)23(25)26/h6-11,13-14,21H,3-5,12H2,1-2H3. The first kappa shape index (κ1) is 20.8. The van der Waals surface area contributed by atoms with Gasteiger partial charge in [0.1, 0.15) is 0 Å². The van der Waals surface area contributed by atoms with E-state index in [4.69, 9.17) is 0 Å². The Balaban J connectivity index is 2.25.